The van der Waals surface area contributed by atoms with Crippen LogP contribution in [0.2, 0.25) is 0 Å². The Labute approximate surface area is 151 Å². The lowest BCUT2D eigenvalue weighted by molar-refractivity contribution is -0.135. The monoisotopic (exact) mass is 350 g/mol. The minimum absolute atomic E-state index is 0.0688. The average molecular weight is 350 g/mol. The Hall–Kier alpha value is -2.71. The van der Waals surface area contributed by atoms with E-state index in [0.717, 1.165) is 35.5 Å². The molecule has 0 amide bonds. The number of esters is 1. The number of hydrogen-bond acceptors (Lipinski definition) is 5. The third-order valence-corrected chi connectivity index (χ3v) is 5.20. The second kappa shape index (κ2) is 7.91. The molecule has 25 heavy (non-hydrogen) atoms. The molecular weight excluding hydrogens is 332 g/mol. The predicted molar refractivity (Wildman–Crippen MR) is 101 cm³/mol. The van der Waals surface area contributed by atoms with Crippen molar-refractivity contribution in [2.45, 2.75) is 6.42 Å². The van der Waals surface area contributed by atoms with Crippen LogP contribution in [-0.4, -0.2) is 25.4 Å². The zero-order valence-corrected chi connectivity index (χ0v) is 14.8. The number of nitriles is 1. The first kappa shape index (κ1) is 17.1. The van der Waals surface area contributed by atoms with Gasteiger partial charge in [-0.1, -0.05) is 42.5 Å². The molecule has 0 atom stereocenters. The highest BCUT2D eigenvalue weighted by molar-refractivity contribution is 8.03. The largest absolute Gasteiger partial charge is 0.465 e. The molecule has 0 unspecified atom stereocenters. The second-order valence-electron chi connectivity index (χ2n) is 5.55. The standard InChI is InChI=1S/C20H18N2O2S/c1-24-20(23)18(14-21)19-22(12-5-13-25-19)17-10-8-16(9-11-17)15-6-3-2-4-7-15/h2-4,6-11H,5,12-13H2,1H3/b19-18-. The zero-order valence-electron chi connectivity index (χ0n) is 13.9. The van der Waals surface area contributed by atoms with E-state index in [0.29, 0.717) is 5.03 Å². The van der Waals surface area contributed by atoms with Crippen molar-refractivity contribution in [1.82, 2.24) is 0 Å². The fourth-order valence-electron chi connectivity index (χ4n) is 2.77. The van der Waals surface area contributed by atoms with Gasteiger partial charge < -0.3 is 9.64 Å². The number of methoxy groups -OCH3 is 1. The van der Waals surface area contributed by atoms with E-state index in [1.807, 2.05) is 41.3 Å². The van der Waals surface area contributed by atoms with Crippen LogP contribution < -0.4 is 4.90 Å². The number of benzene rings is 2. The van der Waals surface area contributed by atoms with Gasteiger partial charge in [0.15, 0.2) is 5.57 Å². The van der Waals surface area contributed by atoms with E-state index in [-0.39, 0.29) is 5.57 Å². The lowest BCUT2D eigenvalue weighted by Crippen LogP contribution is -2.29. The smallest absolute Gasteiger partial charge is 0.351 e. The molecule has 1 aliphatic rings. The number of hydrogen-bond donors (Lipinski definition) is 0. The highest BCUT2D eigenvalue weighted by Gasteiger charge is 2.25. The molecule has 1 fully saturated rings. The Kier molecular flexibility index (Phi) is 5.42. The number of thioether (sulfide) groups is 1. The molecule has 0 saturated carbocycles. The summed E-state index contributed by atoms with van der Waals surface area (Å²) in [5.74, 6) is 0.300. The van der Waals surface area contributed by atoms with Crippen LogP contribution >= 0.6 is 11.8 Å². The highest BCUT2D eigenvalue weighted by atomic mass is 32.2. The first-order chi connectivity index (χ1) is 12.2. The highest BCUT2D eigenvalue weighted by Crippen LogP contribution is 2.35. The molecule has 0 radical (unpaired) electrons. The second-order valence-corrected chi connectivity index (χ2v) is 6.63. The molecule has 1 aliphatic heterocycles. The average Bonchev–Trinajstić information content (AvgIpc) is 2.69. The van der Waals surface area contributed by atoms with Gasteiger partial charge in [0, 0.05) is 18.0 Å². The van der Waals surface area contributed by atoms with Crippen molar-refractivity contribution in [2.24, 2.45) is 0 Å². The molecule has 4 nitrogen and oxygen atoms in total. The van der Waals surface area contributed by atoms with Gasteiger partial charge in [-0.25, -0.2) is 4.79 Å². The number of anilines is 1. The SMILES string of the molecule is COC(=O)/C(C#N)=C1\SCCCN1c1ccc(-c2ccccc2)cc1. The van der Waals surface area contributed by atoms with Gasteiger partial charge in [0.2, 0.25) is 0 Å². The van der Waals surface area contributed by atoms with Crippen LogP contribution in [0.1, 0.15) is 6.42 Å². The number of carbonyl (C=O) groups is 1. The van der Waals surface area contributed by atoms with E-state index in [1.165, 1.54) is 18.9 Å². The van der Waals surface area contributed by atoms with Crippen molar-refractivity contribution in [3.63, 3.8) is 0 Å². The normalized spacial score (nSPS) is 16.1. The summed E-state index contributed by atoms with van der Waals surface area (Å²) in [6, 6.07) is 20.3. The molecule has 2 aromatic rings. The number of nitrogens with zero attached hydrogens (tertiary/aromatic N) is 2. The fourth-order valence-corrected chi connectivity index (χ4v) is 3.86. The Morgan fingerprint density at radius 2 is 1.80 bits per heavy atom. The Balaban J connectivity index is 1.95. The van der Waals surface area contributed by atoms with Gasteiger partial charge >= 0.3 is 5.97 Å². The zero-order chi connectivity index (χ0) is 17.6. The van der Waals surface area contributed by atoms with Crippen LogP contribution in [0.5, 0.6) is 0 Å². The van der Waals surface area contributed by atoms with Crippen LogP contribution in [0, 0.1) is 11.3 Å². The molecule has 2 aromatic carbocycles. The summed E-state index contributed by atoms with van der Waals surface area (Å²) >= 11 is 1.53. The van der Waals surface area contributed by atoms with Crippen molar-refractivity contribution in [3.05, 3.63) is 65.2 Å². The van der Waals surface area contributed by atoms with Gasteiger partial charge in [-0.3, -0.25) is 0 Å². The first-order valence-corrected chi connectivity index (χ1v) is 9.01. The van der Waals surface area contributed by atoms with Crippen molar-refractivity contribution >= 4 is 23.4 Å². The van der Waals surface area contributed by atoms with Crippen LogP contribution in [0.4, 0.5) is 5.69 Å². The lowest BCUT2D eigenvalue weighted by Gasteiger charge is -2.31. The molecule has 0 N–H and O–H groups in total. The van der Waals surface area contributed by atoms with E-state index in [9.17, 15) is 10.1 Å². The Bertz CT molecular complexity index is 823. The summed E-state index contributed by atoms with van der Waals surface area (Å²) in [4.78, 5) is 13.9. The van der Waals surface area contributed by atoms with Crippen molar-refractivity contribution < 1.29 is 9.53 Å². The predicted octanol–water partition coefficient (Wildman–Crippen LogP) is 4.21. The molecule has 0 aliphatic carbocycles. The summed E-state index contributed by atoms with van der Waals surface area (Å²) in [5, 5.41) is 10.1. The molecule has 3 rings (SSSR count). The topological polar surface area (TPSA) is 53.3 Å². The van der Waals surface area contributed by atoms with E-state index in [2.05, 4.69) is 24.3 Å². The number of rotatable bonds is 3. The minimum Gasteiger partial charge on any atom is -0.465 e. The summed E-state index contributed by atoms with van der Waals surface area (Å²) in [7, 11) is 1.30. The molecule has 126 valence electrons. The quantitative estimate of drug-likeness (QED) is 0.472. The molecular formula is C20H18N2O2S. The third kappa shape index (κ3) is 3.70. The number of ether oxygens (including phenoxy) is 1. The summed E-state index contributed by atoms with van der Waals surface area (Å²) < 4.78 is 4.76. The van der Waals surface area contributed by atoms with Gasteiger partial charge in [0.05, 0.1) is 7.11 Å². The maximum absolute atomic E-state index is 11.9. The molecule has 0 aromatic heterocycles. The maximum Gasteiger partial charge on any atom is 0.351 e. The molecule has 0 bridgehead atoms. The van der Waals surface area contributed by atoms with E-state index < -0.39 is 5.97 Å². The van der Waals surface area contributed by atoms with Crippen LogP contribution in [0.15, 0.2) is 65.2 Å². The van der Waals surface area contributed by atoms with Gasteiger partial charge in [-0.05, 0) is 29.7 Å². The Morgan fingerprint density at radius 1 is 1.12 bits per heavy atom. The molecule has 5 heteroatoms. The van der Waals surface area contributed by atoms with E-state index in [1.54, 1.807) is 0 Å². The molecule has 1 heterocycles. The van der Waals surface area contributed by atoms with Gasteiger partial charge in [0.1, 0.15) is 11.1 Å². The third-order valence-electron chi connectivity index (χ3n) is 4.01. The van der Waals surface area contributed by atoms with Crippen LogP contribution in [0.3, 0.4) is 0 Å². The molecule has 1 saturated heterocycles. The van der Waals surface area contributed by atoms with Crippen LogP contribution in [0.25, 0.3) is 11.1 Å². The van der Waals surface area contributed by atoms with Crippen molar-refractivity contribution in [2.75, 3.05) is 24.3 Å². The maximum atomic E-state index is 11.9. The summed E-state index contributed by atoms with van der Waals surface area (Å²) in [6.45, 7) is 0.773. The van der Waals surface area contributed by atoms with E-state index in [4.69, 9.17) is 4.74 Å². The summed E-state index contributed by atoms with van der Waals surface area (Å²) in [6.07, 6.45) is 0.995. The van der Waals surface area contributed by atoms with Gasteiger partial charge in [-0.15, -0.1) is 11.8 Å². The lowest BCUT2D eigenvalue weighted by atomic mass is 10.1. The van der Waals surface area contributed by atoms with Crippen LogP contribution in [-0.2, 0) is 9.53 Å². The fraction of sp³-hybridized carbons (Fsp3) is 0.200. The van der Waals surface area contributed by atoms with Crippen molar-refractivity contribution in [1.29, 1.82) is 5.26 Å². The molecule has 0 spiro atoms. The van der Waals surface area contributed by atoms with Gasteiger partial charge in [0.25, 0.3) is 0 Å². The first-order valence-electron chi connectivity index (χ1n) is 8.03. The minimum atomic E-state index is -0.585. The van der Waals surface area contributed by atoms with Gasteiger partial charge in [-0.2, -0.15) is 5.26 Å². The summed E-state index contributed by atoms with van der Waals surface area (Å²) in [5.41, 5.74) is 3.33. The van der Waals surface area contributed by atoms with E-state index >= 15 is 0 Å². The van der Waals surface area contributed by atoms with Crippen molar-refractivity contribution in [3.8, 4) is 17.2 Å². The Morgan fingerprint density at radius 3 is 2.44 bits per heavy atom. The number of carbonyl (C=O) groups excluding carboxylic acids is 1.